The summed E-state index contributed by atoms with van der Waals surface area (Å²) in [5, 5.41) is 12.1. The maximum atomic E-state index is 10.9. The number of furan rings is 1. The van der Waals surface area contributed by atoms with E-state index in [1.807, 2.05) is 12.1 Å². The van der Waals surface area contributed by atoms with Crippen LogP contribution in [0.4, 0.5) is 5.69 Å². The molecule has 112 valence electrons. The minimum atomic E-state index is -1.07. The van der Waals surface area contributed by atoms with Crippen LogP contribution in [0.5, 0.6) is 11.5 Å². The van der Waals surface area contributed by atoms with Gasteiger partial charge in [0.25, 0.3) is 0 Å². The molecule has 6 heteroatoms. The van der Waals surface area contributed by atoms with Crippen molar-refractivity contribution in [2.75, 3.05) is 19.5 Å². The number of hydrogen-bond donors (Lipinski definition) is 2. The van der Waals surface area contributed by atoms with Gasteiger partial charge in [-0.2, -0.15) is 0 Å². The molecule has 0 bridgehead atoms. The Hall–Kier alpha value is -2.63. The van der Waals surface area contributed by atoms with E-state index in [2.05, 4.69) is 5.32 Å². The zero-order valence-corrected chi connectivity index (χ0v) is 12.1. The predicted molar refractivity (Wildman–Crippen MR) is 77.3 cm³/mol. The Bertz CT molecular complexity index is 648. The number of nitrogens with one attached hydrogen (secondary N) is 1. The topological polar surface area (TPSA) is 80.9 Å². The zero-order chi connectivity index (χ0) is 15.4. The number of carboxylic acids is 1. The van der Waals surface area contributed by atoms with Gasteiger partial charge in [0, 0.05) is 23.9 Å². The van der Waals surface area contributed by atoms with Crippen molar-refractivity contribution >= 4 is 11.7 Å². The molecule has 0 atom stereocenters. The van der Waals surface area contributed by atoms with E-state index in [1.165, 1.54) is 6.07 Å². The highest BCUT2D eigenvalue weighted by molar-refractivity contribution is 5.84. The number of anilines is 1. The van der Waals surface area contributed by atoms with E-state index in [0.717, 1.165) is 11.3 Å². The van der Waals surface area contributed by atoms with E-state index < -0.39 is 5.97 Å². The normalized spacial score (nSPS) is 10.2. The van der Waals surface area contributed by atoms with Crippen LogP contribution in [0.3, 0.4) is 0 Å². The van der Waals surface area contributed by atoms with Gasteiger partial charge in [0.15, 0.2) is 11.5 Å². The van der Waals surface area contributed by atoms with Crippen molar-refractivity contribution in [2.24, 2.45) is 0 Å². The lowest BCUT2D eigenvalue weighted by Crippen LogP contribution is -2.00. The summed E-state index contributed by atoms with van der Waals surface area (Å²) in [6.45, 7) is 2.19. The van der Waals surface area contributed by atoms with Crippen LogP contribution >= 0.6 is 0 Å². The summed E-state index contributed by atoms with van der Waals surface area (Å²) in [4.78, 5) is 10.9. The maximum absolute atomic E-state index is 10.9. The molecule has 0 aliphatic carbocycles. The summed E-state index contributed by atoms with van der Waals surface area (Å²) in [6, 6.07) is 6.98. The predicted octanol–water partition coefficient (Wildman–Crippen LogP) is 2.92. The van der Waals surface area contributed by atoms with Gasteiger partial charge in [-0.1, -0.05) is 0 Å². The Morgan fingerprint density at radius 1 is 1.24 bits per heavy atom. The molecule has 0 fully saturated rings. The van der Waals surface area contributed by atoms with E-state index >= 15 is 0 Å². The fourth-order valence-electron chi connectivity index (χ4n) is 1.94. The summed E-state index contributed by atoms with van der Waals surface area (Å²) >= 11 is 0. The van der Waals surface area contributed by atoms with Gasteiger partial charge in [-0.25, -0.2) is 4.79 Å². The number of benzene rings is 1. The van der Waals surface area contributed by atoms with Gasteiger partial charge in [-0.3, -0.25) is 0 Å². The summed E-state index contributed by atoms with van der Waals surface area (Å²) in [5.74, 6) is 0.723. The number of carboxylic acid groups (broad SMARTS) is 1. The summed E-state index contributed by atoms with van der Waals surface area (Å²) in [6.07, 6.45) is 0. The molecule has 1 heterocycles. The molecule has 0 aliphatic rings. The number of methoxy groups -OCH3 is 2. The van der Waals surface area contributed by atoms with Crippen molar-refractivity contribution in [1.82, 2.24) is 0 Å². The first-order valence-corrected chi connectivity index (χ1v) is 6.33. The number of aromatic carboxylic acids is 1. The molecule has 1 aromatic heterocycles. The summed E-state index contributed by atoms with van der Waals surface area (Å²) in [7, 11) is 3.15. The lowest BCUT2D eigenvalue weighted by Gasteiger charge is -2.11. The largest absolute Gasteiger partial charge is 0.493 e. The van der Waals surface area contributed by atoms with Gasteiger partial charge >= 0.3 is 5.97 Å². The van der Waals surface area contributed by atoms with Crippen LogP contribution in [-0.4, -0.2) is 25.3 Å². The van der Waals surface area contributed by atoms with Crippen LogP contribution in [0.15, 0.2) is 28.7 Å². The molecule has 1 aromatic carbocycles. The third kappa shape index (κ3) is 3.28. The van der Waals surface area contributed by atoms with Gasteiger partial charge < -0.3 is 24.3 Å². The van der Waals surface area contributed by atoms with E-state index in [1.54, 1.807) is 27.2 Å². The number of hydrogen-bond acceptors (Lipinski definition) is 5. The van der Waals surface area contributed by atoms with Gasteiger partial charge in [0.05, 0.1) is 14.2 Å². The van der Waals surface area contributed by atoms with Gasteiger partial charge in [-0.05, 0) is 25.1 Å². The highest BCUT2D eigenvalue weighted by atomic mass is 16.5. The minimum absolute atomic E-state index is 0.0587. The molecule has 0 spiro atoms. The number of aryl methyl sites for hydroxylation is 1. The average molecular weight is 291 g/mol. The molecular weight excluding hydrogens is 274 g/mol. The zero-order valence-electron chi connectivity index (χ0n) is 12.1. The number of ether oxygens (including phenoxy) is 2. The molecule has 0 unspecified atom stereocenters. The van der Waals surface area contributed by atoms with Crippen molar-refractivity contribution in [3.05, 3.63) is 41.3 Å². The summed E-state index contributed by atoms with van der Waals surface area (Å²) in [5.41, 5.74) is 1.63. The lowest BCUT2D eigenvalue weighted by molar-refractivity contribution is 0.0661. The molecule has 0 amide bonds. The molecule has 0 saturated heterocycles. The first kappa shape index (κ1) is 14.8. The standard InChI is InChI=1S/C15H17NO5/c1-9-10(6-14(21-9)15(17)18)8-16-11-4-5-12(19-2)13(7-11)20-3/h4-7,16H,8H2,1-3H3,(H,17,18). The van der Waals surface area contributed by atoms with E-state index in [0.29, 0.717) is 23.8 Å². The van der Waals surface area contributed by atoms with Gasteiger partial charge in [-0.15, -0.1) is 0 Å². The monoisotopic (exact) mass is 291 g/mol. The van der Waals surface area contributed by atoms with Crippen LogP contribution in [0.25, 0.3) is 0 Å². The van der Waals surface area contributed by atoms with E-state index in [4.69, 9.17) is 19.0 Å². The van der Waals surface area contributed by atoms with Crippen LogP contribution < -0.4 is 14.8 Å². The second-order valence-corrected chi connectivity index (χ2v) is 4.42. The molecular formula is C15H17NO5. The number of carbonyl (C=O) groups is 1. The van der Waals surface area contributed by atoms with Crippen LogP contribution in [0.2, 0.25) is 0 Å². The molecule has 2 aromatic rings. The minimum Gasteiger partial charge on any atom is -0.493 e. The first-order valence-electron chi connectivity index (χ1n) is 6.33. The molecule has 6 nitrogen and oxygen atoms in total. The van der Waals surface area contributed by atoms with Crippen molar-refractivity contribution < 1.29 is 23.8 Å². The quantitative estimate of drug-likeness (QED) is 0.851. The fourth-order valence-corrected chi connectivity index (χ4v) is 1.94. The third-order valence-electron chi connectivity index (χ3n) is 3.10. The van der Waals surface area contributed by atoms with Gasteiger partial charge in [0.2, 0.25) is 5.76 Å². The number of rotatable bonds is 6. The highest BCUT2D eigenvalue weighted by Gasteiger charge is 2.13. The second kappa shape index (κ2) is 6.21. The SMILES string of the molecule is COc1ccc(NCc2cc(C(=O)O)oc2C)cc1OC. The Labute approximate surface area is 122 Å². The second-order valence-electron chi connectivity index (χ2n) is 4.42. The molecule has 21 heavy (non-hydrogen) atoms. The lowest BCUT2D eigenvalue weighted by atomic mass is 10.2. The molecule has 0 radical (unpaired) electrons. The van der Waals surface area contributed by atoms with E-state index in [9.17, 15) is 4.79 Å². The first-order chi connectivity index (χ1) is 10.0. The maximum Gasteiger partial charge on any atom is 0.371 e. The molecule has 0 aliphatic heterocycles. The van der Waals surface area contributed by atoms with Crippen LogP contribution in [0.1, 0.15) is 21.9 Å². The van der Waals surface area contributed by atoms with Crippen molar-refractivity contribution in [3.8, 4) is 11.5 Å². The Balaban J connectivity index is 2.11. The average Bonchev–Trinajstić information content (AvgIpc) is 2.86. The van der Waals surface area contributed by atoms with Crippen molar-refractivity contribution in [2.45, 2.75) is 13.5 Å². The van der Waals surface area contributed by atoms with Crippen molar-refractivity contribution in [3.63, 3.8) is 0 Å². The highest BCUT2D eigenvalue weighted by Crippen LogP contribution is 2.30. The Morgan fingerprint density at radius 2 is 1.95 bits per heavy atom. The van der Waals surface area contributed by atoms with Crippen LogP contribution in [0, 0.1) is 6.92 Å². The molecule has 2 N–H and O–H groups in total. The van der Waals surface area contributed by atoms with Gasteiger partial charge in [0.1, 0.15) is 5.76 Å². The third-order valence-corrected chi connectivity index (χ3v) is 3.10. The Kier molecular flexibility index (Phi) is 4.37. The fraction of sp³-hybridized carbons (Fsp3) is 0.267. The molecule has 2 rings (SSSR count). The van der Waals surface area contributed by atoms with Crippen molar-refractivity contribution in [1.29, 1.82) is 0 Å². The summed E-state index contributed by atoms with van der Waals surface area (Å²) < 4.78 is 15.6. The smallest absolute Gasteiger partial charge is 0.371 e. The van der Waals surface area contributed by atoms with E-state index in [-0.39, 0.29) is 5.76 Å². The molecule has 0 saturated carbocycles. The Morgan fingerprint density at radius 3 is 2.52 bits per heavy atom. The van der Waals surface area contributed by atoms with Crippen LogP contribution in [-0.2, 0) is 6.54 Å².